The van der Waals surface area contributed by atoms with Crippen molar-refractivity contribution in [1.82, 2.24) is 5.32 Å². The van der Waals surface area contributed by atoms with Gasteiger partial charge < -0.3 is 5.32 Å². The molecule has 0 atom stereocenters. The van der Waals surface area contributed by atoms with Gasteiger partial charge in [-0.3, -0.25) is 10.1 Å². The van der Waals surface area contributed by atoms with Gasteiger partial charge in [-0.05, 0) is 30.3 Å². The highest BCUT2D eigenvalue weighted by molar-refractivity contribution is 8.00. The van der Waals surface area contributed by atoms with Crippen LogP contribution in [0.4, 0.5) is 10.5 Å². The lowest BCUT2D eigenvalue weighted by Gasteiger charge is -2.06. The fraction of sp³-hybridized carbons (Fsp3) is 0.0667. The molecule has 3 amide bonds. The van der Waals surface area contributed by atoms with Crippen LogP contribution in [0.1, 0.15) is 0 Å². The van der Waals surface area contributed by atoms with E-state index in [9.17, 15) is 9.59 Å². The molecule has 2 aromatic rings. The van der Waals surface area contributed by atoms with Gasteiger partial charge in [-0.15, -0.1) is 11.8 Å². The van der Waals surface area contributed by atoms with Gasteiger partial charge in [0.15, 0.2) is 0 Å². The third-order valence-corrected chi connectivity index (χ3v) is 3.68. The second-order valence-corrected chi connectivity index (χ2v) is 5.60. The number of carbonyl (C=O) groups excluding carboxylic acids is 2. The van der Waals surface area contributed by atoms with E-state index in [1.54, 1.807) is 36.4 Å². The summed E-state index contributed by atoms with van der Waals surface area (Å²) in [6.07, 6.45) is 0. The zero-order valence-electron chi connectivity index (χ0n) is 11.0. The Morgan fingerprint density at radius 3 is 2.52 bits per heavy atom. The number of nitrogens with one attached hydrogen (secondary N) is 2. The highest BCUT2D eigenvalue weighted by Crippen LogP contribution is 2.21. The molecule has 0 aliphatic carbocycles. The van der Waals surface area contributed by atoms with Crippen molar-refractivity contribution in [1.29, 1.82) is 0 Å². The Hall–Kier alpha value is -1.98. The van der Waals surface area contributed by atoms with Crippen LogP contribution in [0.2, 0.25) is 5.02 Å². The van der Waals surface area contributed by atoms with Gasteiger partial charge in [-0.25, -0.2) is 4.79 Å². The lowest BCUT2D eigenvalue weighted by Crippen LogP contribution is -2.35. The quantitative estimate of drug-likeness (QED) is 0.843. The summed E-state index contributed by atoms with van der Waals surface area (Å²) >= 11 is 7.17. The zero-order valence-corrected chi connectivity index (χ0v) is 12.6. The molecule has 0 aliphatic rings. The molecule has 0 heterocycles. The number of benzene rings is 2. The average molecular weight is 321 g/mol. The summed E-state index contributed by atoms with van der Waals surface area (Å²) in [5.74, 6) is -0.226. The monoisotopic (exact) mass is 320 g/mol. The normalized spacial score (nSPS) is 9.95. The Morgan fingerprint density at radius 2 is 1.81 bits per heavy atom. The van der Waals surface area contributed by atoms with Crippen LogP contribution < -0.4 is 10.6 Å². The number of thioether (sulfide) groups is 1. The number of urea groups is 1. The molecule has 4 nitrogen and oxygen atoms in total. The van der Waals surface area contributed by atoms with E-state index in [4.69, 9.17) is 11.6 Å². The molecule has 0 aromatic heterocycles. The summed E-state index contributed by atoms with van der Waals surface area (Å²) in [7, 11) is 0. The van der Waals surface area contributed by atoms with Crippen molar-refractivity contribution in [2.24, 2.45) is 0 Å². The molecule has 0 bridgehead atoms. The predicted octanol–water partition coefficient (Wildman–Crippen LogP) is 3.78. The van der Waals surface area contributed by atoms with Gasteiger partial charge in [0.2, 0.25) is 5.91 Å². The van der Waals surface area contributed by atoms with Gasteiger partial charge in [-0.2, -0.15) is 0 Å². The summed E-state index contributed by atoms with van der Waals surface area (Å²) in [6, 6.07) is 15.6. The summed E-state index contributed by atoms with van der Waals surface area (Å²) in [6.45, 7) is 0. The highest BCUT2D eigenvalue weighted by atomic mass is 35.5. The lowest BCUT2D eigenvalue weighted by atomic mass is 10.3. The van der Waals surface area contributed by atoms with Crippen LogP contribution in [-0.2, 0) is 4.79 Å². The van der Waals surface area contributed by atoms with E-state index in [0.717, 1.165) is 4.90 Å². The van der Waals surface area contributed by atoms with Crippen LogP contribution in [0.5, 0.6) is 0 Å². The Morgan fingerprint density at radius 1 is 1.05 bits per heavy atom. The number of rotatable bonds is 4. The standard InChI is InChI=1S/C15H13ClN2O2S/c16-11-5-4-8-13(9-11)21-10-14(19)18-15(20)17-12-6-2-1-3-7-12/h1-9H,10H2,(H2,17,18,19,20). The van der Waals surface area contributed by atoms with Gasteiger partial charge in [0.05, 0.1) is 5.75 Å². The Balaban J connectivity index is 1.78. The van der Waals surface area contributed by atoms with E-state index in [2.05, 4.69) is 10.6 Å². The first kappa shape index (κ1) is 15.4. The summed E-state index contributed by atoms with van der Waals surface area (Å²) in [4.78, 5) is 24.2. The van der Waals surface area contributed by atoms with Crippen LogP contribution in [-0.4, -0.2) is 17.7 Å². The van der Waals surface area contributed by atoms with Crippen LogP contribution in [0, 0.1) is 0 Å². The van der Waals surface area contributed by atoms with E-state index in [-0.39, 0.29) is 11.7 Å². The molecule has 6 heteroatoms. The second kappa shape index (κ2) is 7.71. The van der Waals surface area contributed by atoms with Gasteiger partial charge in [0.1, 0.15) is 0 Å². The van der Waals surface area contributed by atoms with Gasteiger partial charge in [0, 0.05) is 15.6 Å². The van der Waals surface area contributed by atoms with E-state index >= 15 is 0 Å². The molecule has 2 rings (SSSR count). The SMILES string of the molecule is O=C(CSc1cccc(Cl)c1)NC(=O)Nc1ccccc1. The number of hydrogen-bond donors (Lipinski definition) is 2. The van der Waals surface area contributed by atoms with Crippen molar-refractivity contribution in [3.63, 3.8) is 0 Å². The van der Waals surface area contributed by atoms with Crippen LogP contribution >= 0.6 is 23.4 Å². The highest BCUT2D eigenvalue weighted by Gasteiger charge is 2.08. The fourth-order valence-electron chi connectivity index (χ4n) is 1.55. The number of hydrogen-bond acceptors (Lipinski definition) is 3. The fourth-order valence-corrected chi connectivity index (χ4v) is 2.56. The first-order chi connectivity index (χ1) is 10.1. The Labute approximate surface area is 131 Å². The van der Waals surface area contributed by atoms with Crippen LogP contribution in [0.3, 0.4) is 0 Å². The number of anilines is 1. The molecule has 0 spiro atoms. The molecule has 21 heavy (non-hydrogen) atoms. The smallest absolute Gasteiger partial charge is 0.308 e. The zero-order chi connectivity index (χ0) is 15.1. The Kier molecular flexibility index (Phi) is 5.66. The summed E-state index contributed by atoms with van der Waals surface area (Å²) in [5.41, 5.74) is 0.630. The molecular formula is C15H13ClN2O2S. The van der Waals surface area contributed by atoms with E-state index in [1.807, 2.05) is 18.2 Å². The number of para-hydroxylation sites is 1. The second-order valence-electron chi connectivity index (χ2n) is 4.11. The minimum atomic E-state index is -0.544. The molecule has 0 saturated heterocycles. The minimum Gasteiger partial charge on any atom is -0.308 e. The number of amides is 3. The van der Waals surface area contributed by atoms with Crippen molar-refractivity contribution in [2.45, 2.75) is 4.90 Å². The summed E-state index contributed by atoms with van der Waals surface area (Å²) in [5, 5.41) is 5.46. The molecule has 0 radical (unpaired) electrons. The predicted molar refractivity (Wildman–Crippen MR) is 85.8 cm³/mol. The summed E-state index contributed by atoms with van der Waals surface area (Å²) < 4.78 is 0. The number of imide groups is 1. The maximum Gasteiger partial charge on any atom is 0.325 e. The van der Waals surface area contributed by atoms with Gasteiger partial charge in [0.25, 0.3) is 0 Å². The third kappa shape index (κ3) is 5.49. The number of halogens is 1. The van der Waals surface area contributed by atoms with Crippen LogP contribution in [0.15, 0.2) is 59.5 Å². The molecule has 0 aliphatic heterocycles. The third-order valence-electron chi connectivity index (χ3n) is 2.45. The van der Waals surface area contributed by atoms with Gasteiger partial charge >= 0.3 is 6.03 Å². The van der Waals surface area contributed by atoms with Crippen molar-refractivity contribution >= 4 is 41.0 Å². The van der Waals surface area contributed by atoms with E-state index in [0.29, 0.717) is 10.7 Å². The van der Waals surface area contributed by atoms with E-state index < -0.39 is 6.03 Å². The lowest BCUT2D eigenvalue weighted by molar-refractivity contribution is -0.117. The first-order valence-corrected chi connectivity index (χ1v) is 7.54. The molecule has 0 saturated carbocycles. The largest absolute Gasteiger partial charge is 0.325 e. The van der Waals surface area contributed by atoms with E-state index in [1.165, 1.54) is 11.8 Å². The molecule has 108 valence electrons. The van der Waals surface area contributed by atoms with Crippen molar-refractivity contribution in [2.75, 3.05) is 11.1 Å². The van der Waals surface area contributed by atoms with Crippen molar-refractivity contribution in [3.8, 4) is 0 Å². The molecule has 0 unspecified atom stereocenters. The molecule has 2 N–H and O–H groups in total. The molecular weight excluding hydrogens is 308 g/mol. The first-order valence-electron chi connectivity index (χ1n) is 6.18. The molecule has 2 aromatic carbocycles. The van der Waals surface area contributed by atoms with Crippen molar-refractivity contribution in [3.05, 3.63) is 59.6 Å². The van der Waals surface area contributed by atoms with Crippen LogP contribution in [0.25, 0.3) is 0 Å². The maximum atomic E-state index is 11.7. The maximum absolute atomic E-state index is 11.7. The number of carbonyl (C=O) groups is 2. The van der Waals surface area contributed by atoms with Crippen molar-refractivity contribution < 1.29 is 9.59 Å². The average Bonchev–Trinajstić information content (AvgIpc) is 2.46. The Bertz CT molecular complexity index is 635. The van der Waals surface area contributed by atoms with Gasteiger partial charge in [-0.1, -0.05) is 35.9 Å². The topological polar surface area (TPSA) is 58.2 Å². The molecule has 0 fully saturated rings. The minimum absolute atomic E-state index is 0.141.